The van der Waals surface area contributed by atoms with E-state index in [1.165, 1.54) is 12.4 Å². The molecule has 0 amide bonds. The molecule has 2 fully saturated rings. The van der Waals surface area contributed by atoms with Gasteiger partial charge in [0.15, 0.2) is 5.69 Å². The molecule has 0 atom stereocenters. The van der Waals surface area contributed by atoms with Crippen molar-refractivity contribution in [2.24, 2.45) is 0 Å². The average molecular weight is 221 g/mol. The Morgan fingerprint density at radius 1 is 1.44 bits per heavy atom. The summed E-state index contributed by atoms with van der Waals surface area (Å²) >= 11 is 0. The van der Waals surface area contributed by atoms with Gasteiger partial charge in [-0.1, -0.05) is 0 Å². The van der Waals surface area contributed by atoms with E-state index in [-0.39, 0.29) is 11.3 Å². The van der Waals surface area contributed by atoms with E-state index >= 15 is 0 Å². The minimum absolute atomic E-state index is 0.0288. The zero-order valence-corrected chi connectivity index (χ0v) is 8.59. The van der Waals surface area contributed by atoms with E-state index in [4.69, 9.17) is 9.84 Å². The van der Waals surface area contributed by atoms with Crippen molar-refractivity contribution in [3.05, 3.63) is 18.1 Å². The first-order valence-corrected chi connectivity index (χ1v) is 5.13. The van der Waals surface area contributed by atoms with Gasteiger partial charge < -0.3 is 14.7 Å². The lowest BCUT2D eigenvalue weighted by molar-refractivity contribution is -0.161. The lowest BCUT2D eigenvalue weighted by Crippen LogP contribution is -2.68. The topological polar surface area (TPSA) is 75.5 Å². The van der Waals surface area contributed by atoms with Gasteiger partial charge in [-0.2, -0.15) is 0 Å². The summed E-state index contributed by atoms with van der Waals surface area (Å²) in [7, 11) is 0. The number of rotatable bonds is 2. The lowest BCUT2D eigenvalue weighted by Gasteiger charge is -2.55. The van der Waals surface area contributed by atoms with Crippen molar-refractivity contribution in [3.8, 4) is 0 Å². The Bertz CT molecular complexity index is 419. The fourth-order valence-corrected chi connectivity index (χ4v) is 2.05. The number of carboxylic acids is 1. The van der Waals surface area contributed by atoms with Crippen molar-refractivity contribution >= 4 is 11.8 Å². The van der Waals surface area contributed by atoms with E-state index in [1.54, 1.807) is 0 Å². The highest BCUT2D eigenvalue weighted by atomic mass is 16.5. The van der Waals surface area contributed by atoms with Gasteiger partial charge in [0.2, 0.25) is 0 Å². The number of aromatic nitrogens is 2. The van der Waals surface area contributed by atoms with Crippen LogP contribution in [0.3, 0.4) is 0 Å². The van der Waals surface area contributed by atoms with E-state index in [2.05, 4.69) is 9.97 Å². The van der Waals surface area contributed by atoms with Crippen molar-refractivity contribution in [2.45, 2.75) is 12.0 Å². The van der Waals surface area contributed by atoms with Crippen molar-refractivity contribution < 1.29 is 14.6 Å². The molecule has 3 heterocycles. The summed E-state index contributed by atoms with van der Waals surface area (Å²) in [6.45, 7) is 2.50. The first-order valence-electron chi connectivity index (χ1n) is 5.13. The van der Waals surface area contributed by atoms with Crippen LogP contribution in [0.2, 0.25) is 0 Å². The van der Waals surface area contributed by atoms with E-state index in [9.17, 15) is 4.79 Å². The number of anilines is 1. The summed E-state index contributed by atoms with van der Waals surface area (Å²) in [5.41, 5.74) is 0.0199. The second-order valence-electron chi connectivity index (χ2n) is 4.20. The minimum atomic E-state index is -1.05. The molecule has 0 radical (unpaired) electrons. The fourth-order valence-electron chi connectivity index (χ4n) is 2.05. The smallest absolute Gasteiger partial charge is 0.356 e. The predicted molar refractivity (Wildman–Crippen MR) is 54.5 cm³/mol. The third kappa shape index (κ3) is 1.34. The summed E-state index contributed by atoms with van der Waals surface area (Å²) in [6.07, 6.45) is 3.88. The average Bonchev–Trinajstić information content (AvgIpc) is 2.14. The maximum Gasteiger partial charge on any atom is 0.356 e. The molecule has 1 aromatic heterocycles. The fraction of sp³-hybridized carbons (Fsp3) is 0.500. The minimum Gasteiger partial charge on any atom is -0.476 e. The molecule has 2 aliphatic rings. The van der Waals surface area contributed by atoms with E-state index < -0.39 is 5.97 Å². The largest absolute Gasteiger partial charge is 0.476 e. The van der Waals surface area contributed by atoms with Crippen molar-refractivity contribution in [1.29, 1.82) is 0 Å². The Hall–Kier alpha value is -1.69. The van der Waals surface area contributed by atoms with Gasteiger partial charge in [-0.05, 0) is 0 Å². The molecule has 16 heavy (non-hydrogen) atoms. The molecule has 2 aliphatic heterocycles. The monoisotopic (exact) mass is 221 g/mol. The van der Waals surface area contributed by atoms with Crippen LogP contribution >= 0.6 is 0 Å². The number of hydrogen-bond donors (Lipinski definition) is 1. The van der Waals surface area contributed by atoms with Gasteiger partial charge >= 0.3 is 5.97 Å². The van der Waals surface area contributed by atoms with Gasteiger partial charge in [0.05, 0.1) is 32.1 Å². The molecule has 0 saturated carbocycles. The van der Waals surface area contributed by atoms with Crippen LogP contribution in [0, 0.1) is 0 Å². The molecule has 1 spiro atoms. The highest BCUT2D eigenvalue weighted by Crippen LogP contribution is 2.37. The number of hydrogen-bond acceptors (Lipinski definition) is 5. The molecular weight excluding hydrogens is 210 g/mol. The van der Waals surface area contributed by atoms with Gasteiger partial charge in [0.25, 0.3) is 0 Å². The van der Waals surface area contributed by atoms with Crippen LogP contribution in [0.15, 0.2) is 12.4 Å². The molecule has 0 aromatic carbocycles. The Labute approximate surface area is 91.9 Å². The first-order chi connectivity index (χ1) is 7.69. The van der Waals surface area contributed by atoms with Crippen LogP contribution in [0.1, 0.15) is 16.9 Å². The molecule has 0 aliphatic carbocycles. The molecular formula is C10H11N3O3. The lowest BCUT2D eigenvalue weighted by atomic mass is 9.86. The van der Waals surface area contributed by atoms with Crippen LogP contribution in [0.25, 0.3) is 0 Å². The highest BCUT2D eigenvalue weighted by Gasteiger charge is 2.49. The van der Waals surface area contributed by atoms with Crippen molar-refractivity contribution in [2.75, 3.05) is 24.6 Å². The second kappa shape index (κ2) is 3.15. The molecule has 0 unspecified atom stereocenters. The summed E-state index contributed by atoms with van der Waals surface area (Å²) in [6, 6.07) is 0. The third-order valence-corrected chi connectivity index (χ3v) is 3.11. The number of carboxylic acid groups (broad SMARTS) is 1. The second-order valence-corrected chi connectivity index (χ2v) is 4.20. The summed E-state index contributed by atoms with van der Waals surface area (Å²) in [5.74, 6) is -0.340. The van der Waals surface area contributed by atoms with Crippen LogP contribution in [-0.4, -0.2) is 46.3 Å². The van der Waals surface area contributed by atoms with Gasteiger partial charge in [0.1, 0.15) is 11.4 Å². The van der Waals surface area contributed by atoms with Crippen molar-refractivity contribution in [3.63, 3.8) is 0 Å². The zero-order chi connectivity index (χ0) is 11.2. The number of carbonyl (C=O) groups is 1. The standard InChI is InChI=1S/C10H11N3O3/c14-9(15)7-3-12-8(4-11-7)13-5-10(6-13)1-2-16-10/h3-4H,1-2,5-6H2,(H,14,15). The zero-order valence-electron chi connectivity index (χ0n) is 8.59. The molecule has 6 heteroatoms. The molecule has 1 aromatic rings. The van der Waals surface area contributed by atoms with Crippen LogP contribution in [0.4, 0.5) is 5.82 Å². The van der Waals surface area contributed by atoms with Gasteiger partial charge in [0, 0.05) is 6.42 Å². The van der Waals surface area contributed by atoms with Gasteiger partial charge in [-0.25, -0.2) is 14.8 Å². The Morgan fingerprint density at radius 3 is 2.62 bits per heavy atom. The molecule has 1 N–H and O–H groups in total. The summed E-state index contributed by atoms with van der Waals surface area (Å²) in [4.78, 5) is 20.5. The molecule has 0 bridgehead atoms. The first kappa shape index (κ1) is 9.53. The van der Waals surface area contributed by atoms with Crippen LogP contribution in [0.5, 0.6) is 0 Å². The SMILES string of the molecule is O=C(O)c1cnc(N2CC3(CCO3)C2)cn1. The number of aromatic carboxylic acids is 1. The third-order valence-electron chi connectivity index (χ3n) is 3.11. The van der Waals surface area contributed by atoms with Gasteiger partial charge in [-0.3, -0.25) is 0 Å². The van der Waals surface area contributed by atoms with Crippen molar-refractivity contribution in [1.82, 2.24) is 9.97 Å². The molecule has 3 rings (SSSR count). The van der Waals surface area contributed by atoms with Crippen LogP contribution < -0.4 is 4.90 Å². The maximum atomic E-state index is 10.6. The molecule has 6 nitrogen and oxygen atoms in total. The van der Waals surface area contributed by atoms with E-state index in [0.717, 1.165) is 26.1 Å². The molecule has 84 valence electrons. The maximum absolute atomic E-state index is 10.6. The predicted octanol–water partition coefficient (Wildman–Crippen LogP) is 0.154. The van der Waals surface area contributed by atoms with E-state index in [0.29, 0.717) is 5.82 Å². The normalized spacial score (nSPS) is 21.4. The highest BCUT2D eigenvalue weighted by molar-refractivity contribution is 5.84. The number of nitrogens with zero attached hydrogens (tertiary/aromatic N) is 3. The van der Waals surface area contributed by atoms with E-state index in [1.807, 2.05) is 4.90 Å². The summed E-state index contributed by atoms with van der Waals surface area (Å²) < 4.78 is 5.48. The summed E-state index contributed by atoms with van der Waals surface area (Å²) in [5, 5.41) is 8.68. The quantitative estimate of drug-likeness (QED) is 0.766. The Kier molecular flexibility index (Phi) is 1.88. The Balaban J connectivity index is 1.69. The molecule has 2 saturated heterocycles. The Morgan fingerprint density at radius 2 is 2.19 bits per heavy atom. The van der Waals surface area contributed by atoms with Crippen LogP contribution in [-0.2, 0) is 4.74 Å². The number of ether oxygens (including phenoxy) is 1. The van der Waals surface area contributed by atoms with Gasteiger partial charge in [-0.15, -0.1) is 0 Å².